The van der Waals surface area contributed by atoms with Crippen molar-refractivity contribution in [1.29, 1.82) is 0 Å². The number of hydrogen-bond donors (Lipinski definition) is 2. The van der Waals surface area contributed by atoms with Gasteiger partial charge in [0.15, 0.2) is 5.65 Å². The molecule has 0 aliphatic carbocycles. The number of benzene rings is 1. The van der Waals surface area contributed by atoms with Crippen LogP contribution in [0.25, 0.3) is 11.0 Å². The highest BCUT2D eigenvalue weighted by molar-refractivity contribution is 6.13. The van der Waals surface area contributed by atoms with Crippen molar-refractivity contribution in [2.24, 2.45) is 0 Å². The van der Waals surface area contributed by atoms with Crippen LogP contribution in [-0.4, -0.2) is 20.7 Å². The van der Waals surface area contributed by atoms with E-state index in [0.29, 0.717) is 16.9 Å². The number of nitrogens with zero attached hydrogens (tertiary/aromatic N) is 3. The molecule has 0 atom stereocenters. The largest absolute Gasteiger partial charge is 0.397 e. The summed E-state index contributed by atoms with van der Waals surface area (Å²) >= 11 is 0. The predicted octanol–water partition coefficient (Wildman–Crippen LogP) is 4.45. The first-order valence-corrected chi connectivity index (χ1v) is 9.16. The quantitative estimate of drug-likeness (QED) is 0.671. The first-order chi connectivity index (χ1) is 12.6. The summed E-state index contributed by atoms with van der Waals surface area (Å²) in [5, 5.41) is 8.39. The molecule has 3 aromatic rings. The van der Waals surface area contributed by atoms with Gasteiger partial charge in [-0.2, -0.15) is 5.10 Å². The molecule has 6 heteroatoms. The second kappa shape index (κ2) is 6.68. The number of rotatable bonds is 3. The number of aryl methyl sites for hydroxylation is 1. The van der Waals surface area contributed by atoms with Crippen LogP contribution in [-0.2, 0) is 5.54 Å². The first-order valence-electron chi connectivity index (χ1n) is 9.16. The fraction of sp³-hybridized carbons (Fsp3) is 0.381. The van der Waals surface area contributed by atoms with E-state index in [1.807, 2.05) is 29.8 Å². The number of fused-ring (bicyclic) bond motifs is 1. The van der Waals surface area contributed by atoms with Crippen molar-refractivity contribution in [1.82, 2.24) is 14.8 Å². The molecule has 0 bridgehead atoms. The minimum absolute atomic E-state index is 0.186. The van der Waals surface area contributed by atoms with Crippen LogP contribution >= 0.6 is 0 Å². The Balaban J connectivity index is 2.21. The Morgan fingerprint density at radius 3 is 2.48 bits per heavy atom. The van der Waals surface area contributed by atoms with Crippen molar-refractivity contribution in [3.63, 3.8) is 0 Å². The van der Waals surface area contributed by atoms with Crippen molar-refractivity contribution in [2.45, 2.75) is 53.0 Å². The molecule has 27 heavy (non-hydrogen) atoms. The van der Waals surface area contributed by atoms with E-state index in [2.05, 4.69) is 45.0 Å². The van der Waals surface area contributed by atoms with Gasteiger partial charge in [0, 0.05) is 5.69 Å². The number of para-hydroxylation sites is 2. The summed E-state index contributed by atoms with van der Waals surface area (Å²) in [6.07, 6.45) is 0. The highest BCUT2D eigenvalue weighted by Gasteiger charge is 2.25. The number of nitrogens with two attached hydrogens (primary N) is 1. The molecule has 1 aromatic carbocycles. The molecule has 0 radical (unpaired) electrons. The zero-order valence-electron chi connectivity index (χ0n) is 16.8. The Labute approximate surface area is 159 Å². The van der Waals surface area contributed by atoms with E-state index in [1.165, 1.54) is 0 Å². The summed E-state index contributed by atoms with van der Waals surface area (Å²) in [5.74, 6) is -0.0230. The van der Waals surface area contributed by atoms with E-state index in [1.54, 1.807) is 12.1 Å². The number of anilines is 2. The Morgan fingerprint density at radius 2 is 1.89 bits per heavy atom. The zero-order chi connectivity index (χ0) is 19.9. The number of nitrogens with one attached hydrogen (secondary N) is 1. The third-order valence-electron chi connectivity index (χ3n) is 4.51. The summed E-state index contributed by atoms with van der Waals surface area (Å²) < 4.78 is 1.90. The maximum absolute atomic E-state index is 13.1. The molecule has 6 nitrogen and oxygen atoms in total. The highest BCUT2D eigenvalue weighted by atomic mass is 16.1. The van der Waals surface area contributed by atoms with Gasteiger partial charge in [-0.15, -0.1) is 0 Å². The van der Waals surface area contributed by atoms with Crippen molar-refractivity contribution < 1.29 is 4.79 Å². The lowest BCUT2D eigenvalue weighted by Crippen LogP contribution is -2.24. The monoisotopic (exact) mass is 365 g/mol. The maximum atomic E-state index is 13.1. The average Bonchev–Trinajstić information content (AvgIpc) is 2.93. The number of pyridine rings is 1. The minimum Gasteiger partial charge on any atom is -0.397 e. The molecular weight excluding hydrogens is 338 g/mol. The standard InChI is InChI=1S/C21H27N5O/c1-12(2)17-11-14(20(27)24-16-10-8-7-9-15(16)22)18-13(3)25-26(19(18)23-17)21(4,5)6/h7-12H,22H2,1-6H3,(H,24,27). The van der Waals surface area contributed by atoms with E-state index < -0.39 is 0 Å². The highest BCUT2D eigenvalue weighted by Crippen LogP contribution is 2.29. The Morgan fingerprint density at radius 1 is 1.22 bits per heavy atom. The van der Waals surface area contributed by atoms with Crippen LogP contribution in [0.2, 0.25) is 0 Å². The number of carbonyl (C=O) groups excluding carboxylic acids is 1. The van der Waals surface area contributed by atoms with Gasteiger partial charge in [0.2, 0.25) is 0 Å². The molecular formula is C21H27N5O. The zero-order valence-corrected chi connectivity index (χ0v) is 16.8. The molecule has 0 saturated carbocycles. The topological polar surface area (TPSA) is 85.8 Å². The molecule has 142 valence electrons. The lowest BCUT2D eigenvalue weighted by Gasteiger charge is -2.20. The lowest BCUT2D eigenvalue weighted by molar-refractivity contribution is 0.102. The van der Waals surface area contributed by atoms with Gasteiger partial charge >= 0.3 is 0 Å². The van der Waals surface area contributed by atoms with E-state index in [4.69, 9.17) is 10.7 Å². The molecule has 0 unspecified atom stereocenters. The maximum Gasteiger partial charge on any atom is 0.256 e. The van der Waals surface area contributed by atoms with Gasteiger partial charge in [-0.1, -0.05) is 26.0 Å². The minimum atomic E-state index is -0.243. The van der Waals surface area contributed by atoms with Crippen molar-refractivity contribution in [3.8, 4) is 0 Å². The molecule has 3 N–H and O–H groups in total. The summed E-state index contributed by atoms with van der Waals surface area (Å²) in [4.78, 5) is 18.0. The predicted molar refractivity (Wildman–Crippen MR) is 110 cm³/mol. The van der Waals surface area contributed by atoms with E-state index in [9.17, 15) is 4.79 Å². The SMILES string of the molecule is Cc1nn(C(C)(C)C)c2nc(C(C)C)cc(C(=O)Nc3ccccc3N)c12. The van der Waals surface area contributed by atoms with Crippen molar-refractivity contribution >= 4 is 28.3 Å². The normalized spacial score (nSPS) is 12.0. The van der Waals surface area contributed by atoms with Crippen molar-refractivity contribution in [3.05, 3.63) is 47.3 Å². The lowest BCUT2D eigenvalue weighted by atomic mass is 10.0. The second-order valence-corrected chi connectivity index (χ2v) is 8.16. The van der Waals surface area contributed by atoms with Crippen LogP contribution in [0.5, 0.6) is 0 Å². The van der Waals surface area contributed by atoms with Gasteiger partial charge in [0.1, 0.15) is 0 Å². The van der Waals surface area contributed by atoms with Crippen molar-refractivity contribution in [2.75, 3.05) is 11.1 Å². The van der Waals surface area contributed by atoms with Gasteiger partial charge < -0.3 is 11.1 Å². The van der Waals surface area contributed by atoms with Crippen LogP contribution in [0, 0.1) is 6.92 Å². The van der Waals surface area contributed by atoms with Gasteiger partial charge in [-0.05, 0) is 51.8 Å². The summed E-state index contributed by atoms with van der Waals surface area (Å²) in [6.45, 7) is 12.3. The third kappa shape index (κ3) is 3.52. The molecule has 0 fully saturated rings. The number of nitrogen functional groups attached to an aromatic ring is 1. The fourth-order valence-corrected chi connectivity index (χ4v) is 3.05. The van der Waals surface area contributed by atoms with Crippen LogP contribution < -0.4 is 11.1 Å². The van der Waals surface area contributed by atoms with E-state index in [-0.39, 0.29) is 17.4 Å². The Bertz CT molecular complexity index is 1010. The molecule has 0 saturated heterocycles. The molecule has 2 heterocycles. The first kappa shape index (κ1) is 18.9. The molecule has 3 rings (SSSR count). The second-order valence-electron chi connectivity index (χ2n) is 8.16. The number of aromatic nitrogens is 3. The number of carbonyl (C=O) groups is 1. The summed E-state index contributed by atoms with van der Waals surface area (Å²) in [5.41, 5.74) is 9.82. The average molecular weight is 365 g/mol. The Hall–Kier alpha value is -2.89. The van der Waals surface area contributed by atoms with Crippen LogP contribution in [0.15, 0.2) is 30.3 Å². The van der Waals surface area contributed by atoms with Gasteiger partial charge in [0.25, 0.3) is 5.91 Å². The van der Waals surface area contributed by atoms with E-state index in [0.717, 1.165) is 22.4 Å². The van der Waals surface area contributed by atoms with E-state index >= 15 is 0 Å². The Kier molecular flexibility index (Phi) is 4.68. The van der Waals surface area contributed by atoms with Crippen LogP contribution in [0.4, 0.5) is 11.4 Å². The summed E-state index contributed by atoms with van der Waals surface area (Å²) in [6, 6.07) is 9.10. The molecule has 0 aliphatic rings. The summed E-state index contributed by atoms with van der Waals surface area (Å²) in [7, 11) is 0. The smallest absolute Gasteiger partial charge is 0.256 e. The fourth-order valence-electron chi connectivity index (χ4n) is 3.05. The number of amides is 1. The molecule has 0 spiro atoms. The molecule has 1 amide bonds. The number of hydrogen-bond acceptors (Lipinski definition) is 4. The molecule has 0 aliphatic heterocycles. The third-order valence-corrected chi connectivity index (χ3v) is 4.51. The van der Waals surface area contributed by atoms with Gasteiger partial charge in [0.05, 0.1) is 33.6 Å². The van der Waals surface area contributed by atoms with Crippen LogP contribution in [0.1, 0.15) is 62.3 Å². The van der Waals surface area contributed by atoms with Crippen LogP contribution in [0.3, 0.4) is 0 Å². The molecule has 2 aromatic heterocycles. The van der Waals surface area contributed by atoms with Gasteiger partial charge in [-0.3, -0.25) is 4.79 Å². The van der Waals surface area contributed by atoms with Gasteiger partial charge in [-0.25, -0.2) is 9.67 Å².